The van der Waals surface area contributed by atoms with Crippen LogP contribution in [0.15, 0.2) is 48.5 Å². The molecule has 1 heterocycles. The summed E-state index contributed by atoms with van der Waals surface area (Å²) in [7, 11) is 1.81. The Morgan fingerprint density at radius 1 is 0.806 bits per heavy atom. The summed E-state index contributed by atoms with van der Waals surface area (Å²) in [6, 6.07) is 7.84. The molecule has 3 aromatic rings. The number of ether oxygens (including phenoxy) is 2. The van der Waals surface area contributed by atoms with Crippen molar-refractivity contribution in [3.8, 4) is 16.9 Å². The number of aromatic nitrogens is 2. The van der Waals surface area contributed by atoms with Gasteiger partial charge in [0.2, 0.25) is 0 Å². The van der Waals surface area contributed by atoms with Crippen LogP contribution < -0.4 is 0 Å². The van der Waals surface area contributed by atoms with E-state index in [9.17, 15) is 44.7 Å². The van der Waals surface area contributed by atoms with Crippen LogP contribution in [0.1, 0.15) is 32.0 Å². The molecule has 1 aromatic heterocycles. The number of alkyl halides is 8. The van der Waals surface area contributed by atoms with Crippen LogP contribution in [0.4, 0.5) is 35.1 Å². The number of esters is 2. The number of carbonyl (C=O) groups is 2. The summed E-state index contributed by atoms with van der Waals surface area (Å²) in [5.41, 5.74) is -7.30. The molecule has 0 saturated heterocycles. The Kier molecular flexibility index (Phi) is 6.84. The Balaban J connectivity index is 2.43. The Morgan fingerprint density at radius 2 is 1.39 bits per heavy atom. The van der Waals surface area contributed by atoms with Gasteiger partial charge in [0.25, 0.3) is 0 Å². The lowest BCUT2D eigenvalue weighted by Crippen LogP contribution is -2.35. The van der Waals surface area contributed by atoms with E-state index in [0.29, 0.717) is 6.07 Å². The van der Waals surface area contributed by atoms with E-state index < -0.39 is 63.9 Å². The van der Waals surface area contributed by atoms with Crippen molar-refractivity contribution >= 4 is 11.9 Å². The maximum Gasteiger partial charge on any atom is 0.458 e. The molecule has 6 nitrogen and oxygen atoms in total. The highest BCUT2D eigenvalue weighted by atomic mass is 19.4. The highest BCUT2D eigenvalue weighted by Gasteiger charge is 2.61. The third kappa shape index (κ3) is 4.62. The van der Waals surface area contributed by atoms with Crippen molar-refractivity contribution in [2.24, 2.45) is 0 Å². The van der Waals surface area contributed by atoms with E-state index in [1.54, 1.807) is 6.07 Å². The topological polar surface area (TPSA) is 70.4 Å². The van der Waals surface area contributed by atoms with E-state index in [1.807, 2.05) is 0 Å². The standard InChI is InChI=1S/C22H14F8N2O4/c1-35-18(33)15-16(31-32(17(15)19(34)36-2)12-6-4-3-5-7-12)11-8-9-13(21(25,26)27)14(10-11)20(23,24)22(28,29)30/h3-10H,1-2H3. The largest absolute Gasteiger partial charge is 0.465 e. The van der Waals surface area contributed by atoms with E-state index in [-0.39, 0.29) is 17.8 Å². The van der Waals surface area contributed by atoms with Crippen molar-refractivity contribution in [2.75, 3.05) is 14.2 Å². The minimum Gasteiger partial charge on any atom is -0.465 e. The third-order valence-electron chi connectivity index (χ3n) is 4.95. The van der Waals surface area contributed by atoms with Gasteiger partial charge in [-0.1, -0.05) is 24.3 Å². The second-order valence-corrected chi connectivity index (χ2v) is 7.13. The number of benzene rings is 2. The molecule has 3 rings (SSSR count). The molecular formula is C22H14F8N2O4. The van der Waals surface area contributed by atoms with Crippen LogP contribution >= 0.6 is 0 Å². The number of halogens is 8. The van der Waals surface area contributed by atoms with Crippen molar-refractivity contribution in [3.63, 3.8) is 0 Å². The lowest BCUT2D eigenvalue weighted by molar-refractivity contribution is -0.291. The molecule has 0 aliphatic carbocycles. The zero-order valence-electron chi connectivity index (χ0n) is 18.2. The number of nitrogens with zero attached hydrogens (tertiary/aromatic N) is 2. The fraction of sp³-hybridized carbons (Fsp3) is 0.227. The summed E-state index contributed by atoms with van der Waals surface area (Å²) in [5.74, 6) is -8.38. The maximum atomic E-state index is 14.2. The molecule has 0 spiro atoms. The number of methoxy groups -OCH3 is 2. The molecular weight excluding hydrogens is 508 g/mol. The smallest absolute Gasteiger partial charge is 0.458 e. The van der Waals surface area contributed by atoms with Gasteiger partial charge >= 0.3 is 30.2 Å². The molecule has 0 amide bonds. The maximum absolute atomic E-state index is 14.2. The summed E-state index contributed by atoms with van der Waals surface area (Å²) in [5, 5.41) is 3.97. The minimum absolute atomic E-state index is 0.00469. The average Bonchev–Trinajstić information content (AvgIpc) is 3.22. The van der Waals surface area contributed by atoms with Gasteiger partial charge in [-0.15, -0.1) is 0 Å². The second kappa shape index (κ2) is 9.24. The Hall–Kier alpha value is -3.97. The molecule has 0 aliphatic heterocycles. The lowest BCUT2D eigenvalue weighted by Gasteiger charge is -2.24. The van der Waals surface area contributed by atoms with Gasteiger partial charge in [-0.05, 0) is 24.3 Å². The fourth-order valence-corrected chi connectivity index (χ4v) is 3.31. The molecule has 2 aromatic carbocycles. The Labute approximate surface area is 197 Å². The first-order valence-corrected chi connectivity index (χ1v) is 9.66. The number of hydrogen-bond acceptors (Lipinski definition) is 5. The molecule has 36 heavy (non-hydrogen) atoms. The Morgan fingerprint density at radius 3 is 1.89 bits per heavy atom. The highest BCUT2D eigenvalue weighted by molar-refractivity contribution is 6.06. The summed E-state index contributed by atoms with van der Waals surface area (Å²) in [4.78, 5) is 25.1. The summed E-state index contributed by atoms with van der Waals surface area (Å²) in [6.07, 6.45) is -12.0. The zero-order valence-corrected chi connectivity index (χ0v) is 18.2. The van der Waals surface area contributed by atoms with E-state index in [2.05, 4.69) is 14.6 Å². The molecule has 0 atom stereocenters. The first-order chi connectivity index (χ1) is 16.6. The molecule has 0 bridgehead atoms. The summed E-state index contributed by atoms with van der Waals surface area (Å²) >= 11 is 0. The lowest BCUT2D eigenvalue weighted by atomic mass is 9.95. The van der Waals surface area contributed by atoms with E-state index >= 15 is 0 Å². The average molecular weight is 522 g/mol. The molecule has 0 N–H and O–H groups in total. The van der Waals surface area contributed by atoms with E-state index in [0.717, 1.165) is 18.9 Å². The molecule has 192 valence electrons. The van der Waals surface area contributed by atoms with Crippen LogP contribution in [0.3, 0.4) is 0 Å². The number of hydrogen-bond donors (Lipinski definition) is 0. The minimum atomic E-state index is -6.38. The van der Waals surface area contributed by atoms with Gasteiger partial charge < -0.3 is 9.47 Å². The summed E-state index contributed by atoms with van der Waals surface area (Å²) in [6.45, 7) is 0. The second-order valence-electron chi connectivity index (χ2n) is 7.13. The summed E-state index contributed by atoms with van der Waals surface area (Å²) < 4.78 is 118. The molecule has 14 heteroatoms. The molecule has 0 unspecified atom stereocenters. The number of para-hydroxylation sites is 1. The van der Waals surface area contributed by atoms with Gasteiger partial charge in [-0.25, -0.2) is 14.3 Å². The molecule has 0 fully saturated rings. The van der Waals surface area contributed by atoms with Crippen molar-refractivity contribution in [1.82, 2.24) is 9.78 Å². The predicted molar refractivity (Wildman–Crippen MR) is 107 cm³/mol. The molecule has 0 aliphatic rings. The molecule has 0 radical (unpaired) electrons. The third-order valence-corrected chi connectivity index (χ3v) is 4.95. The van der Waals surface area contributed by atoms with Gasteiger partial charge in [-0.3, -0.25) is 0 Å². The van der Waals surface area contributed by atoms with Gasteiger partial charge in [0.15, 0.2) is 5.69 Å². The van der Waals surface area contributed by atoms with Gasteiger partial charge in [0, 0.05) is 11.1 Å². The van der Waals surface area contributed by atoms with Crippen molar-refractivity contribution in [2.45, 2.75) is 18.3 Å². The molecule has 0 saturated carbocycles. The van der Waals surface area contributed by atoms with E-state index in [4.69, 9.17) is 0 Å². The fourth-order valence-electron chi connectivity index (χ4n) is 3.31. The van der Waals surface area contributed by atoms with Crippen LogP contribution in [0.25, 0.3) is 16.9 Å². The van der Waals surface area contributed by atoms with Crippen LogP contribution in [0.2, 0.25) is 0 Å². The first-order valence-electron chi connectivity index (χ1n) is 9.66. The first kappa shape index (κ1) is 26.6. The van der Waals surface area contributed by atoms with Crippen LogP contribution in [-0.2, 0) is 21.6 Å². The van der Waals surface area contributed by atoms with Crippen molar-refractivity contribution in [1.29, 1.82) is 0 Å². The van der Waals surface area contributed by atoms with Gasteiger partial charge in [-0.2, -0.15) is 40.2 Å². The zero-order chi connectivity index (χ0) is 27.1. The van der Waals surface area contributed by atoms with E-state index in [1.165, 1.54) is 24.3 Å². The highest BCUT2D eigenvalue weighted by Crippen LogP contribution is 2.49. The normalized spacial score (nSPS) is 12.4. The Bertz CT molecular complexity index is 1300. The number of rotatable bonds is 5. The van der Waals surface area contributed by atoms with Gasteiger partial charge in [0.05, 0.1) is 25.5 Å². The monoisotopic (exact) mass is 522 g/mol. The quantitative estimate of drug-likeness (QED) is 0.314. The van der Waals surface area contributed by atoms with Gasteiger partial charge in [0.1, 0.15) is 11.3 Å². The number of carbonyl (C=O) groups excluding carboxylic acids is 2. The predicted octanol–water partition coefficient (Wildman–Crippen LogP) is 5.79. The van der Waals surface area contributed by atoms with Crippen molar-refractivity contribution < 1.29 is 54.2 Å². The van der Waals surface area contributed by atoms with Crippen LogP contribution in [0.5, 0.6) is 0 Å². The van der Waals surface area contributed by atoms with Crippen molar-refractivity contribution in [3.05, 3.63) is 70.9 Å². The SMILES string of the molecule is COC(=O)c1c(-c2ccc(C(F)(F)F)c(C(F)(F)C(F)(F)F)c2)nn(-c2ccccc2)c1C(=O)OC. The van der Waals surface area contributed by atoms with Crippen LogP contribution in [-0.4, -0.2) is 42.1 Å². The van der Waals surface area contributed by atoms with Crippen LogP contribution in [0, 0.1) is 0 Å².